The lowest BCUT2D eigenvalue weighted by Crippen LogP contribution is -2.32. The van der Waals surface area contributed by atoms with Crippen LogP contribution >= 0.6 is 11.8 Å². The van der Waals surface area contributed by atoms with Crippen LogP contribution in [0, 0.1) is 0 Å². The van der Waals surface area contributed by atoms with Crippen LogP contribution in [0.15, 0.2) is 63.8 Å². The van der Waals surface area contributed by atoms with Crippen LogP contribution in [0.1, 0.15) is 35.2 Å². The molecule has 2 aromatic carbocycles. The fourth-order valence-corrected chi connectivity index (χ4v) is 5.25. The number of phenolic OH excluding ortho intramolecular Hbond substituents is 1. The van der Waals surface area contributed by atoms with E-state index in [1.54, 1.807) is 30.3 Å². The molecular formula is C28H21NO9S. The number of carboxylic acids is 1. The minimum Gasteiger partial charge on any atom is -0.508 e. The molecule has 0 spiro atoms. The average Bonchev–Trinajstić information content (AvgIpc) is 3.21. The van der Waals surface area contributed by atoms with Gasteiger partial charge in [0.1, 0.15) is 17.1 Å². The third kappa shape index (κ3) is 5.34. The number of aromatic hydroxyl groups is 1. The SMILES string of the molecule is O=C(CCSCc1ccc(-c2c3ccc(=O)cc-3oc3cc(O)ccc23)c(C(=O)O)c1)ON1C(=O)CCC1=O. The van der Waals surface area contributed by atoms with Gasteiger partial charge in [0.05, 0.1) is 12.0 Å². The van der Waals surface area contributed by atoms with Gasteiger partial charge in [0.25, 0.3) is 11.8 Å². The molecule has 2 N–H and O–H groups in total. The first-order chi connectivity index (χ1) is 18.7. The van der Waals surface area contributed by atoms with Crippen molar-refractivity contribution in [1.82, 2.24) is 5.06 Å². The second-order valence-electron chi connectivity index (χ2n) is 8.85. The summed E-state index contributed by atoms with van der Waals surface area (Å²) >= 11 is 1.36. The Labute approximate surface area is 225 Å². The Bertz CT molecular complexity index is 1660. The molecule has 0 aromatic heterocycles. The lowest BCUT2D eigenvalue weighted by Gasteiger charge is -2.17. The number of hydroxylamine groups is 2. The number of carboxylic acid groups (broad SMARTS) is 1. The first-order valence-corrected chi connectivity index (χ1v) is 13.1. The monoisotopic (exact) mass is 547 g/mol. The van der Waals surface area contributed by atoms with Crippen molar-refractivity contribution in [2.75, 3.05) is 5.75 Å². The van der Waals surface area contributed by atoms with Crippen molar-refractivity contribution in [2.45, 2.75) is 25.0 Å². The summed E-state index contributed by atoms with van der Waals surface area (Å²) in [6, 6.07) is 13.8. The minimum atomic E-state index is -1.15. The number of hydrogen-bond acceptors (Lipinski definition) is 9. The number of amides is 2. The van der Waals surface area contributed by atoms with E-state index in [0.29, 0.717) is 49.8 Å². The number of aromatic carboxylic acids is 1. The maximum absolute atomic E-state index is 12.3. The molecule has 10 nitrogen and oxygen atoms in total. The van der Waals surface area contributed by atoms with Crippen molar-refractivity contribution in [1.29, 1.82) is 0 Å². The van der Waals surface area contributed by atoms with Crippen LogP contribution in [0.3, 0.4) is 0 Å². The van der Waals surface area contributed by atoms with E-state index in [1.165, 1.54) is 36.0 Å². The van der Waals surface area contributed by atoms with Crippen LogP contribution < -0.4 is 5.43 Å². The predicted octanol–water partition coefficient (Wildman–Crippen LogP) is 4.20. The summed E-state index contributed by atoms with van der Waals surface area (Å²) in [6.45, 7) is 0. The number of carbonyl (C=O) groups is 4. The molecule has 2 aliphatic heterocycles. The van der Waals surface area contributed by atoms with E-state index in [1.807, 2.05) is 0 Å². The van der Waals surface area contributed by atoms with E-state index in [4.69, 9.17) is 9.25 Å². The molecule has 5 rings (SSSR count). The molecule has 39 heavy (non-hydrogen) atoms. The van der Waals surface area contributed by atoms with E-state index in [-0.39, 0.29) is 41.8 Å². The Balaban J connectivity index is 1.38. The van der Waals surface area contributed by atoms with Crippen LogP contribution in [0.2, 0.25) is 0 Å². The van der Waals surface area contributed by atoms with Gasteiger partial charge in [-0.2, -0.15) is 11.8 Å². The Morgan fingerprint density at radius 2 is 1.69 bits per heavy atom. The van der Waals surface area contributed by atoms with Gasteiger partial charge in [-0.3, -0.25) is 14.4 Å². The summed E-state index contributed by atoms with van der Waals surface area (Å²) < 4.78 is 5.84. The summed E-state index contributed by atoms with van der Waals surface area (Å²) in [5.74, 6) is -1.99. The molecule has 2 heterocycles. The molecule has 1 aliphatic carbocycles. The lowest BCUT2D eigenvalue weighted by atomic mass is 9.90. The van der Waals surface area contributed by atoms with Gasteiger partial charge in [-0.05, 0) is 41.5 Å². The molecule has 2 amide bonds. The lowest BCUT2D eigenvalue weighted by molar-refractivity contribution is -0.197. The Kier molecular flexibility index (Phi) is 7.07. The molecule has 0 unspecified atom stereocenters. The van der Waals surface area contributed by atoms with Crippen molar-refractivity contribution >= 4 is 46.5 Å². The zero-order valence-corrected chi connectivity index (χ0v) is 21.2. The maximum atomic E-state index is 12.3. The quantitative estimate of drug-likeness (QED) is 0.187. The summed E-state index contributed by atoms with van der Waals surface area (Å²) in [5, 5.41) is 21.1. The largest absolute Gasteiger partial charge is 0.508 e. The van der Waals surface area contributed by atoms with Crippen LogP contribution in [-0.4, -0.2) is 44.8 Å². The highest BCUT2D eigenvalue weighted by Gasteiger charge is 2.32. The number of imide groups is 1. The number of thioether (sulfide) groups is 1. The highest BCUT2D eigenvalue weighted by molar-refractivity contribution is 7.98. The van der Waals surface area contributed by atoms with E-state index >= 15 is 0 Å². The summed E-state index contributed by atoms with van der Waals surface area (Å²) in [7, 11) is 0. The molecule has 11 heteroatoms. The van der Waals surface area contributed by atoms with E-state index in [2.05, 4.69) is 0 Å². The van der Waals surface area contributed by atoms with Crippen molar-refractivity contribution in [3.63, 3.8) is 0 Å². The highest BCUT2D eigenvalue weighted by Crippen LogP contribution is 2.42. The number of fused-ring (bicyclic) bond motifs is 2. The van der Waals surface area contributed by atoms with Gasteiger partial charge in [-0.15, -0.1) is 5.06 Å². The van der Waals surface area contributed by atoms with Crippen LogP contribution in [0.4, 0.5) is 0 Å². The van der Waals surface area contributed by atoms with Gasteiger partial charge >= 0.3 is 11.9 Å². The molecule has 0 radical (unpaired) electrons. The van der Waals surface area contributed by atoms with E-state index < -0.39 is 23.8 Å². The number of benzene rings is 3. The van der Waals surface area contributed by atoms with Crippen molar-refractivity contribution in [3.8, 4) is 28.2 Å². The standard InChI is InChI=1S/C28H21NO9S/c30-16-2-5-19-22(12-16)37-23-13-17(31)3-6-20(23)27(19)18-4-1-15(11-21(18)28(35)36)14-39-10-9-26(34)38-29-24(32)7-8-25(29)33/h1-6,11-13,30H,7-10,14H2,(H,35,36). The van der Waals surface area contributed by atoms with Crippen molar-refractivity contribution in [3.05, 3.63) is 75.9 Å². The summed E-state index contributed by atoms with van der Waals surface area (Å²) in [6.07, 6.45) is 0.00809. The van der Waals surface area contributed by atoms with Crippen LogP contribution in [0.5, 0.6) is 5.75 Å². The molecule has 0 saturated carbocycles. The first-order valence-electron chi connectivity index (χ1n) is 11.9. The molecule has 1 fully saturated rings. The zero-order valence-electron chi connectivity index (χ0n) is 20.3. The Hall–Kier alpha value is -4.64. The van der Waals surface area contributed by atoms with Crippen molar-refractivity contribution < 1.29 is 38.6 Å². The molecular weight excluding hydrogens is 526 g/mol. The number of rotatable bonds is 8. The Morgan fingerprint density at radius 1 is 0.949 bits per heavy atom. The second-order valence-corrected chi connectivity index (χ2v) is 9.95. The maximum Gasteiger partial charge on any atom is 0.336 e. The highest BCUT2D eigenvalue weighted by atomic mass is 32.2. The van der Waals surface area contributed by atoms with Gasteiger partial charge < -0.3 is 19.5 Å². The molecule has 0 bridgehead atoms. The fourth-order valence-electron chi connectivity index (χ4n) is 4.38. The fraction of sp³-hybridized carbons (Fsp3) is 0.179. The molecule has 198 valence electrons. The topological polar surface area (TPSA) is 151 Å². The predicted molar refractivity (Wildman–Crippen MR) is 141 cm³/mol. The minimum absolute atomic E-state index is 0.0221. The average molecular weight is 548 g/mol. The zero-order chi connectivity index (χ0) is 27.7. The Morgan fingerprint density at radius 3 is 2.44 bits per heavy atom. The smallest absolute Gasteiger partial charge is 0.336 e. The normalized spacial score (nSPS) is 13.4. The second kappa shape index (κ2) is 10.6. The van der Waals surface area contributed by atoms with Gasteiger partial charge in [0.2, 0.25) is 0 Å². The molecule has 0 atom stereocenters. The van der Waals surface area contributed by atoms with Gasteiger partial charge in [-0.25, -0.2) is 9.59 Å². The van der Waals surface area contributed by atoms with Gasteiger partial charge in [0, 0.05) is 53.0 Å². The van der Waals surface area contributed by atoms with E-state index in [0.717, 1.165) is 0 Å². The summed E-state index contributed by atoms with van der Waals surface area (Å²) in [5.41, 5.74) is 2.27. The van der Waals surface area contributed by atoms with Gasteiger partial charge in [0.15, 0.2) is 5.43 Å². The molecule has 1 saturated heterocycles. The third-order valence-corrected chi connectivity index (χ3v) is 7.21. The summed E-state index contributed by atoms with van der Waals surface area (Å²) in [4.78, 5) is 64.3. The van der Waals surface area contributed by atoms with Crippen molar-refractivity contribution in [2.24, 2.45) is 0 Å². The van der Waals surface area contributed by atoms with Crippen LogP contribution in [-0.2, 0) is 25.0 Å². The van der Waals surface area contributed by atoms with Crippen LogP contribution in [0.25, 0.3) is 33.4 Å². The number of nitrogens with zero attached hydrogens (tertiary/aromatic N) is 1. The van der Waals surface area contributed by atoms with E-state index in [9.17, 15) is 34.2 Å². The number of phenols is 1. The molecule has 3 aliphatic rings. The third-order valence-electron chi connectivity index (χ3n) is 6.18. The van der Waals surface area contributed by atoms with Gasteiger partial charge in [-0.1, -0.05) is 12.1 Å². The molecule has 2 aromatic rings. The number of hydrogen-bond donors (Lipinski definition) is 2. The number of carbonyl (C=O) groups excluding carboxylic acids is 3. The first kappa shape index (κ1) is 26.0.